The summed E-state index contributed by atoms with van der Waals surface area (Å²) >= 11 is 0. The number of nitrogens with zero attached hydrogens (tertiary/aromatic N) is 2. The van der Waals surface area contributed by atoms with Crippen molar-refractivity contribution in [2.24, 2.45) is 0 Å². The van der Waals surface area contributed by atoms with E-state index in [1.54, 1.807) is 61.2 Å². The van der Waals surface area contributed by atoms with Crippen molar-refractivity contribution in [2.45, 2.75) is 22.6 Å². The summed E-state index contributed by atoms with van der Waals surface area (Å²) in [5, 5.41) is 0. The molecule has 4 aromatic rings. The highest BCUT2D eigenvalue weighted by Crippen LogP contribution is 2.25. The van der Waals surface area contributed by atoms with Crippen molar-refractivity contribution in [3.63, 3.8) is 0 Å². The molecule has 0 bridgehead atoms. The minimum absolute atomic E-state index is 0.112. The Bertz CT molecular complexity index is 1360. The van der Waals surface area contributed by atoms with E-state index in [1.807, 2.05) is 36.4 Å². The second-order valence-corrected chi connectivity index (χ2v) is 12.1. The third-order valence-electron chi connectivity index (χ3n) is 5.49. The molecule has 34 heavy (non-hydrogen) atoms. The minimum Gasteiger partial charge on any atom is -0.265 e. The van der Waals surface area contributed by atoms with Crippen LogP contribution in [0.25, 0.3) is 22.3 Å². The summed E-state index contributed by atoms with van der Waals surface area (Å²) in [6.45, 7) is 0. The minimum atomic E-state index is -3.53. The second kappa shape index (κ2) is 10.3. The maximum absolute atomic E-state index is 12.8. The zero-order chi connectivity index (χ0) is 24.0. The Morgan fingerprint density at radius 1 is 0.500 bits per heavy atom. The number of aromatic nitrogens is 2. The van der Waals surface area contributed by atoms with Crippen molar-refractivity contribution in [3.8, 4) is 22.3 Å². The summed E-state index contributed by atoms with van der Waals surface area (Å²) in [5.41, 5.74) is 3.35. The molecule has 6 nitrogen and oxygen atoms in total. The number of rotatable bonds is 9. The van der Waals surface area contributed by atoms with Gasteiger partial charge < -0.3 is 0 Å². The summed E-state index contributed by atoms with van der Waals surface area (Å²) in [7, 11) is -7.06. The van der Waals surface area contributed by atoms with Crippen molar-refractivity contribution in [3.05, 3.63) is 97.6 Å². The van der Waals surface area contributed by atoms with Crippen LogP contribution in [0, 0.1) is 0 Å². The average Bonchev–Trinajstić information content (AvgIpc) is 2.88. The Hall–Kier alpha value is -3.36. The Kier molecular flexibility index (Phi) is 7.19. The zero-order valence-corrected chi connectivity index (χ0v) is 20.0. The van der Waals surface area contributed by atoms with Crippen LogP contribution in [0.4, 0.5) is 0 Å². The van der Waals surface area contributed by atoms with Gasteiger partial charge in [0.1, 0.15) is 0 Å². The molecule has 0 aliphatic heterocycles. The molecule has 4 rings (SSSR count). The lowest BCUT2D eigenvalue weighted by atomic mass is 10.1. The molecule has 0 saturated carbocycles. The van der Waals surface area contributed by atoms with Crippen LogP contribution in [0.15, 0.2) is 107 Å². The van der Waals surface area contributed by atoms with E-state index in [1.165, 1.54) is 0 Å². The molecule has 2 heterocycles. The van der Waals surface area contributed by atoms with Gasteiger partial charge in [0.25, 0.3) is 0 Å². The molecule has 0 radical (unpaired) electrons. The lowest BCUT2D eigenvalue weighted by Crippen LogP contribution is -2.11. The zero-order valence-electron chi connectivity index (χ0n) is 18.4. The van der Waals surface area contributed by atoms with Gasteiger partial charge in [-0.15, -0.1) is 0 Å². The van der Waals surface area contributed by atoms with Gasteiger partial charge in [-0.2, -0.15) is 0 Å². The van der Waals surface area contributed by atoms with E-state index in [2.05, 4.69) is 9.97 Å². The number of hydrogen-bond donors (Lipinski definition) is 0. The standard InChI is InChI=1S/C26H24N2O4S2/c29-33(30,25-7-3-5-23(19-25)21-9-13-27-14-10-21)17-1-2-18-34(31,32)26-8-4-6-24(20-26)22-11-15-28-16-12-22/h3-16,19-20H,1-2,17-18H2. The van der Waals surface area contributed by atoms with Gasteiger partial charge in [0.15, 0.2) is 19.7 Å². The number of sulfone groups is 2. The first-order valence-electron chi connectivity index (χ1n) is 10.8. The van der Waals surface area contributed by atoms with Crippen LogP contribution in [-0.2, 0) is 19.7 Å². The van der Waals surface area contributed by atoms with E-state index in [0.717, 1.165) is 22.3 Å². The molecule has 2 aromatic carbocycles. The van der Waals surface area contributed by atoms with Crippen LogP contribution in [0.2, 0.25) is 0 Å². The van der Waals surface area contributed by atoms with Gasteiger partial charge in [-0.3, -0.25) is 9.97 Å². The molecular formula is C26H24N2O4S2. The van der Waals surface area contributed by atoms with Crippen LogP contribution >= 0.6 is 0 Å². The molecule has 0 spiro atoms. The number of unbranched alkanes of at least 4 members (excludes halogenated alkanes) is 1. The fourth-order valence-electron chi connectivity index (χ4n) is 3.65. The quantitative estimate of drug-likeness (QED) is 0.310. The van der Waals surface area contributed by atoms with Crippen molar-refractivity contribution < 1.29 is 16.8 Å². The molecule has 0 atom stereocenters. The first-order chi connectivity index (χ1) is 16.4. The van der Waals surface area contributed by atoms with Gasteiger partial charge in [0, 0.05) is 24.8 Å². The lowest BCUT2D eigenvalue weighted by Gasteiger charge is -2.09. The topological polar surface area (TPSA) is 94.1 Å². The van der Waals surface area contributed by atoms with Crippen LogP contribution in [0.1, 0.15) is 12.8 Å². The van der Waals surface area contributed by atoms with Crippen molar-refractivity contribution in [2.75, 3.05) is 11.5 Å². The number of benzene rings is 2. The third kappa shape index (κ3) is 5.76. The maximum atomic E-state index is 12.8. The van der Waals surface area contributed by atoms with Crippen LogP contribution in [0.3, 0.4) is 0 Å². The second-order valence-electron chi connectivity index (χ2n) is 7.87. The van der Waals surface area contributed by atoms with Gasteiger partial charge in [0.2, 0.25) is 0 Å². The molecule has 174 valence electrons. The predicted molar refractivity (Wildman–Crippen MR) is 133 cm³/mol. The van der Waals surface area contributed by atoms with E-state index < -0.39 is 19.7 Å². The van der Waals surface area contributed by atoms with E-state index in [0.29, 0.717) is 0 Å². The van der Waals surface area contributed by atoms with Crippen molar-refractivity contribution >= 4 is 19.7 Å². The molecule has 8 heteroatoms. The van der Waals surface area contributed by atoms with E-state index >= 15 is 0 Å². The fourth-order valence-corrected chi connectivity index (χ4v) is 6.47. The fraction of sp³-hybridized carbons (Fsp3) is 0.154. The molecular weight excluding hydrogens is 468 g/mol. The average molecular weight is 493 g/mol. The lowest BCUT2D eigenvalue weighted by molar-refractivity contribution is 0.585. The Morgan fingerprint density at radius 2 is 0.882 bits per heavy atom. The van der Waals surface area contributed by atoms with Gasteiger partial charge in [-0.25, -0.2) is 16.8 Å². The van der Waals surface area contributed by atoms with Crippen LogP contribution in [-0.4, -0.2) is 38.3 Å². The third-order valence-corrected chi connectivity index (χ3v) is 9.09. The Morgan fingerprint density at radius 3 is 1.26 bits per heavy atom. The molecule has 0 aliphatic rings. The molecule has 0 saturated heterocycles. The highest BCUT2D eigenvalue weighted by Gasteiger charge is 2.18. The first kappa shape index (κ1) is 23.8. The van der Waals surface area contributed by atoms with Crippen molar-refractivity contribution in [1.29, 1.82) is 0 Å². The normalized spacial score (nSPS) is 11.9. The summed E-state index contributed by atoms with van der Waals surface area (Å²) in [4.78, 5) is 8.43. The summed E-state index contributed by atoms with van der Waals surface area (Å²) in [6.07, 6.45) is 7.14. The molecule has 0 unspecified atom stereocenters. The van der Waals surface area contributed by atoms with Gasteiger partial charge in [0.05, 0.1) is 21.3 Å². The summed E-state index contributed by atoms with van der Waals surface area (Å²) in [5.74, 6) is -0.223. The molecule has 0 fully saturated rings. The molecule has 2 aromatic heterocycles. The summed E-state index contributed by atoms with van der Waals surface area (Å²) < 4.78 is 51.4. The van der Waals surface area contributed by atoms with E-state index in [4.69, 9.17) is 0 Å². The number of hydrogen-bond acceptors (Lipinski definition) is 6. The van der Waals surface area contributed by atoms with Crippen molar-refractivity contribution in [1.82, 2.24) is 9.97 Å². The molecule has 0 N–H and O–H groups in total. The summed E-state index contributed by atoms with van der Waals surface area (Å²) in [6, 6.07) is 20.8. The van der Waals surface area contributed by atoms with E-state index in [-0.39, 0.29) is 34.1 Å². The van der Waals surface area contributed by atoms with E-state index in [9.17, 15) is 16.8 Å². The smallest absolute Gasteiger partial charge is 0.178 e. The highest BCUT2D eigenvalue weighted by atomic mass is 32.2. The Balaban J connectivity index is 1.39. The largest absolute Gasteiger partial charge is 0.265 e. The van der Waals surface area contributed by atoms with Crippen LogP contribution < -0.4 is 0 Å². The number of pyridine rings is 2. The first-order valence-corrected chi connectivity index (χ1v) is 14.1. The predicted octanol–water partition coefficient (Wildman–Crippen LogP) is 4.84. The monoisotopic (exact) mass is 492 g/mol. The van der Waals surface area contributed by atoms with Crippen LogP contribution in [0.5, 0.6) is 0 Å². The van der Waals surface area contributed by atoms with Gasteiger partial charge in [-0.1, -0.05) is 24.3 Å². The molecule has 0 amide bonds. The Labute approximate surface area is 200 Å². The molecule has 0 aliphatic carbocycles. The van der Waals surface area contributed by atoms with Gasteiger partial charge in [-0.05, 0) is 83.6 Å². The SMILES string of the molecule is O=S(=O)(CCCCS(=O)(=O)c1cccc(-c2ccncc2)c1)c1cccc(-c2ccncc2)c1. The van der Waals surface area contributed by atoms with Gasteiger partial charge >= 0.3 is 0 Å². The maximum Gasteiger partial charge on any atom is 0.178 e. The highest BCUT2D eigenvalue weighted by molar-refractivity contribution is 7.91.